The predicted molar refractivity (Wildman–Crippen MR) is 61.4 cm³/mol. The molecule has 96 valence electrons. The van der Waals surface area contributed by atoms with E-state index in [4.69, 9.17) is 5.11 Å². The Morgan fingerprint density at radius 1 is 1.35 bits per heavy atom. The molecule has 1 heterocycles. The molecule has 0 atom stereocenters. The lowest BCUT2D eigenvalue weighted by Crippen LogP contribution is -2.32. The summed E-state index contributed by atoms with van der Waals surface area (Å²) in [5.74, 6) is 0.636. The van der Waals surface area contributed by atoms with Crippen LogP contribution < -0.4 is 4.90 Å². The summed E-state index contributed by atoms with van der Waals surface area (Å²) in [6, 6.07) is 1.68. The highest BCUT2D eigenvalue weighted by Gasteiger charge is 2.14. The molecule has 4 nitrogen and oxygen atoms in total. The van der Waals surface area contributed by atoms with Crippen LogP contribution in [0.15, 0.2) is 12.4 Å². The van der Waals surface area contributed by atoms with E-state index < -0.39 is 13.0 Å². The molecular formula is C11H17F2N3O. The van der Waals surface area contributed by atoms with Gasteiger partial charge in [-0.15, -0.1) is 0 Å². The number of alkyl halides is 2. The number of halogens is 2. The third-order valence-corrected chi connectivity index (χ3v) is 2.32. The standard InChI is InChI=1S/C11H17F2N3O/c1-8(2)9-5-11(15-7-14-9)16(3-4-17)6-10(12)13/h5,7-8,10,17H,3-4,6H2,1-2H3. The summed E-state index contributed by atoms with van der Waals surface area (Å²) in [7, 11) is 0. The van der Waals surface area contributed by atoms with E-state index in [2.05, 4.69) is 9.97 Å². The number of rotatable bonds is 6. The van der Waals surface area contributed by atoms with Gasteiger partial charge in [0.25, 0.3) is 6.43 Å². The largest absolute Gasteiger partial charge is 0.395 e. The van der Waals surface area contributed by atoms with Crippen LogP contribution in [0.5, 0.6) is 0 Å². The number of hydrogen-bond acceptors (Lipinski definition) is 4. The van der Waals surface area contributed by atoms with Crippen molar-refractivity contribution in [1.82, 2.24) is 9.97 Å². The van der Waals surface area contributed by atoms with E-state index in [0.717, 1.165) is 5.69 Å². The van der Waals surface area contributed by atoms with E-state index in [1.54, 1.807) is 6.07 Å². The summed E-state index contributed by atoms with van der Waals surface area (Å²) < 4.78 is 24.8. The first-order chi connectivity index (χ1) is 8.04. The van der Waals surface area contributed by atoms with Gasteiger partial charge < -0.3 is 10.0 Å². The highest BCUT2D eigenvalue weighted by atomic mass is 19.3. The molecule has 0 aliphatic rings. The Labute approximate surface area is 99.3 Å². The molecule has 1 aromatic rings. The summed E-state index contributed by atoms with van der Waals surface area (Å²) >= 11 is 0. The molecule has 17 heavy (non-hydrogen) atoms. The maximum Gasteiger partial charge on any atom is 0.255 e. The van der Waals surface area contributed by atoms with Gasteiger partial charge in [-0.25, -0.2) is 18.7 Å². The Kier molecular flexibility index (Phi) is 5.21. The fourth-order valence-corrected chi connectivity index (χ4v) is 1.44. The Balaban J connectivity index is 2.88. The molecule has 0 aromatic carbocycles. The lowest BCUT2D eigenvalue weighted by Gasteiger charge is -2.22. The Morgan fingerprint density at radius 2 is 2.06 bits per heavy atom. The zero-order valence-corrected chi connectivity index (χ0v) is 9.98. The van der Waals surface area contributed by atoms with Gasteiger partial charge in [0.05, 0.1) is 13.2 Å². The van der Waals surface area contributed by atoms with E-state index in [9.17, 15) is 8.78 Å². The van der Waals surface area contributed by atoms with Crippen molar-refractivity contribution in [2.75, 3.05) is 24.6 Å². The van der Waals surface area contributed by atoms with Crippen LogP contribution in [-0.2, 0) is 0 Å². The van der Waals surface area contributed by atoms with Gasteiger partial charge in [0.15, 0.2) is 0 Å². The van der Waals surface area contributed by atoms with Gasteiger partial charge in [-0.3, -0.25) is 0 Å². The first kappa shape index (κ1) is 13.8. The smallest absolute Gasteiger partial charge is 0.255 e. The average molecular weight is 245 g/mol. The Morgan fingerprint density at radius 3 is 2.59 bits per heavy atom. The van der Waals surface area contributed by atoms with Crippen molar-refractivity contribution in [2.45, 2.75) is 26.2 Å². The van der Waals surface area contributed by atoms with Crippen molar-refractivity contribution in [3.63, 3.8) is 0 Å². The van der Waals surface area contributed by atoms with Gasteiger partial charge in [-0.05, 0) is 5.92 Å². The van der Waals surface area contributed by atoms with E-state index in [1.165, 1.54) is 11.2 Å². The second-order valence-electron chi connectivity index (χ2n) is 4.02. The van der Waals surface area contributed by atoms with Crippen molar-refractivity contribution < 1.29 is 13.9 Å². The molecule has 0 aliphatic carbocycles. The average Bonchev–Trinajstić information content (AvgIpc) is 2.28. The molecule has 6 heteroatoms. The van der Waals surface area contributed by atoms with E-state index in [-0.39, 0.29) is 19.1 Å². The minimum absolute atomic E-state index is 0.138. The molecule has 0 bridgehead atoms. The SMILES string of the molecule is CC(C)c1cc(N(CCO)CC(F)F)ncn1. The summed E-state index contributed by atoms with van der Waals surface area (Å²) in [5, 5.41) is 8.86. The minimum atomic E-state index is -2.46. The first-order valence-electron chi connectivity index (χ1n) is 5.50. The lowest BCUT2D eigenvalue weighted by molar-refractivity contribution is 0.152. The van der Waals surface area contributed by atoms with Gasteiger partial charge in [-0.2, -0.15) is 0 Å². The van der Waals surface area contributed by atoms with Crippen LogP contribution in [0.2, 0.25) is 0 Å². The zero-order valence-electron chi connectivity index (χ0n) is 9.98. The first-order valence-corrected chi connectivity index (χ1v) is 5.50. The molecule has 0 unspecified atom stereocenters. The number of aromatic nitrogens is 2. The molecule has 0 radical (unpaired) electrons. The summed E-state index contributed by atoms with van der Waals surface area (Å²) in [5.41, 5.74) is 0.798. The van der Waals surface area contributed by atoms with Crippen LogP contribution in [-0.4, -0.2) is 41.2 Å². The predicted octanol–water partition coefficient (Wildman–Crippen LogP) is 1.66. The van der Waals surface area contributed by atoms with Crippen LogP contribution in [0, 0.1) is 0 Å². The fraction of sp³-hybridized carbons (Fsp3) is 0.636. The second kappa shape index (κ2) is 6.44. The third-order valence-electron chi connectivity index (χ3n) is 2.32. The van der Waals surface area contributed by atoms with Gasteiger partial charge in [0.2, 0.25) is 0 Å². The zero-order chi connectivity index (χ0) is 12.8. The highest BCUT2D eigenvalue weighted by Crippen LogP contribution is 2.17. The van der Waals surface area contributed by atoms with E-state index in [0.29, 0.717) is 5.82 Å². The van der Waals surface area contributed by atoms with E-state index in [1.807, 2.05) is 13.8 Å². The fourth-order valence-electron chi connectivity index (χ4n) is 1.44. The molecule has 0 aliphatic heterocycles. The van der Waals surface area contributed by atoms with Crippen molar-refractivity contribution in [3.05, 3.63) is 18.1 Å². The molecule has 1 rings (SSSR count). The molecule has 1 N–H and O–H groups in total. The van der Waals surface area contributed by atoms with Crippen LogP contribution in [0.25, 0.3) is 0 Å². The molecule has 0 fully saturated rings. The maximum absolute atomic E-state index is 12.4. The van der Waals surface area contributed by atoms with Crippen molar-refractivity contribution in [3.8, 4) is 0 Å². The molecule has 1 aromatic heterocycles. The minimum Gasteiger partial charge on any atom is -0.395 e. The van der Waals surface area contributed by atoms with Gasteiger partial charge in [0.1, 0.15) is 12.1 Å². The van der Waals surface area contributed by atoms with Crippen LogP contribution in [0.1, 0.15) is 25.5 Å². The highest BCUT2D eigenvalue weighted by molar-refractivity contribution is 5.39. The van der Waals surface area contributed by atoms with Crippen molar-refractivity contribution in [1.29, 1.82) is 0 Å². The molecule has 0 saturated carbocycles. The maximum atomic E-state index is 12.4. The molecule has 0 spiro atoms. The molecule has 0 saturated heterocycles. The number of aliphatic hydroxyl groups is 1. The van der Waals surface area contributed by atoms with Crippen molar-refractivity contribution in [2.24, 2.45) is 0 Å². The summed E-state index contributed by atoms with van der Waals surface area (Å²) in [6.07, 6.45) is -1.10. The quantitative estimate of drug-likeness (QED) is 0.828. The Hall–Kier alpha value is -1.30. The molecule has 0 amide bonds. The van der Waals surface area contributed by atoms with Crippen molar-refractivity contribution >= 4 is 5.82 Å². The third kappa shape index (κ3) is 4.22. The molecular weight excluding hydrogens is 228 g/mol. The van der Waals surface area contributed by atoms with E-state index >= 15 is 0 Å². The van der Waals surface area contributed by atoms with Gasteiger partial charge in [-0.1, -0.05) is 13.8 Å². The lowest BCUT2D eigenvalue weighted by atomic mass is 10.1. The monoisotopic (exact) mass is 245 g/mol. The number of aliphatic hydroxyl groups excluding tert-OH is 1. The number of hydrogen-bond donors (Lipinski definition) is 1. The number of nitrogens with zero attached hydrogens (tertiary/aromatic N) is 3. The van der Waals surface area contributed by atoms with Crippen LogP contribution in [0.4, 0.5) is 14.6 Å². The Bertz CT molecular complexity index is 347. The number of anilines is 1. The van der Waals surface area contributed by atoms with Gasteiger partial charge in [0, 0.05) is 18.3 Å². The van der Waals surface area contributed by atoms with Crippen LogP contribution >= 0.6 is 0 Å². The summed E-state index contributed by atoms with van der Waals surface area (Å²) in [6.45, 7) is 3.45. The van der Waals surface area contributed by atoms with Gasteiger partial charge >= 0.3 is 0 Å². The van der Waals surface area contributed by atoms with Crippen LogP contribution in [0.3, 0.4) is 0 Å². The topological polar surface area (TPSA) is 49.2 Å². The summed E-state index contributed by atoms with van der Waals surface area (Å²) in [4.78, 5) is 9.40. The normalized spacial score (nSPS) is 11.2. The second-order valence-corrected chi connectivity index (χ2v) is 4.02.